The average molecular weight is 421 g/mol. The van der Waals surface area contributed by atoms with Gasteiger partial charge in [0.2, 0.25) is 0 Å². The SMILES string of the molecule is CCc1c(Nc2cc(N3NC(C)C(C=O)=C3C)ncn2)nn(C)c1-c1ccc(F)cc1. The molecule has 1 aliphatic heterocycles. The average Bonchev–Trinajstić information content (AvgIpc) is 3.23. The lowest BCUT2D eigenvalue weighted by molar-refractivity contribution is -0.105. The van der Waals surface area contributed by atoms with Gasteiger partial charge in [0.05, 0.1) is 11.7 Å². The van der Waals surface area contributed by atoms with Crippen LogP contribution in [-0.2, 0) is 18.3 Å². The van der Waals surface area contributed by atoms with E-state index in [1.165, 1.54) is 18.5 Å². The van der Waals surface area contributed by atoms with Crippen molar-refractivity contribution < 1.29 is 9.18 Å². The number of hydrogen-bond donors (Lipinski definition) is 2. The maximum atomic E-state index is 13.4. The number of aldehydes is 1. The second-order valence-electron chi connectivity index (χ2n) is 7.39. The van der Waals surface area contributed by atoms with Crippen LogP contribution in [0.3, 0.4) is 0 Å². The Labute approximate surface area is 179 Å². The van der Waals surface area contributed by atoms with Gasteiger partial charge in [-0.15, -0.1) is 0 Å². The van der Waals surface area contributed by atoms with Crippen molar-refractivity contribution in [1.29, 1.82) is 0 Å². The van der Waals surface area contributed by atoms with E-state index in [0.717, 1.165) is 35.2 Å². The Bertz CT molecular complexity index is 1150. The van der Waals surface area contributed by atoms with Crippen molar-refractivity contribution in [3.8, 4) is 11.3 Å². The summed E-state index contributed by atoms with van der Waals surface area (Å²) in [5.41, 5.74) is 7.54. The van der Waals surface area contributed by atoms with Gasteiger partial charge in [0.1, 0.15) is 24.2 Å². The summed E-state index contributed by atoms with van der Waals surface area (Å²) in [7, 11) is 1.86. The molecule has 0 radical (unpaired) electrons. The first kappa shape index (κ1) is 20.7. The van der Waals surface area contributed by atoms with Crippen molar-refractivity contribution >= 4 is 23.7 Å². The van der Waals surface area contributed by atoms with E-state index in [4.69, 9.17) is 0 Å². The normalized spacial score (nSPS) is 16.2. The molecule has 8 nitrogen and oxygen atoms in total. The Hall–Kier alpha value is -3.59. The number of anilines is 3. The fourth-order valence-corrected chi connectivity index (χ4v) is 3.86. The first-order chi connectivity index (χ1) is 14.9. The van der Waals surface area contributed by atoms with E-state index in [0.29, 0.717) is 23.0 Å². The Morgan fingerprint density at radius 3 is 2.65 bits per heavy atom. The molecular formula is C22H24FN7O. The van der Waals surface area contributed by atoms with Crippen molar-refractivity contribution in [3.63, 3.8) is 0 Å². The van der Waals surface area contributed by atoms with E-state index < -0.39 is 0 Å². The number of carbonyl (C=O) groups is 1. The highest BCUT2D eigenvalue weighted by Gasteiger charge is 2.27. The Kier molecular flexibility index (Phi) is 5.51. The van der Waals surface area contributed by atoms with Crippen LogP contribution in [-0.4, -0.2) is 32.1 Å². The first-order valence-corrected chi connectivity index (χ1v) is 10.1. The molecule has 160 valence electrons. The number of nitrogens with one attached hydrogen (secondary N) is 2. The van der Waals surface area contributed by atoms with E-state index in [2.05, 4.69) is 25.8 Å². The summed E-state index contributed by atoms with van der Waals surface area (Å²) < 4.78 is 15.1. The molecule has 0 aliphatic carbocycles. The summed E-state index contributed by atoms with van der Waals surface area (Å²) in [5, 5.41) is 9.69. The van der Waals surface area contributed by atoms with E-state index in [1.54, 1.807) is 27.9 Å². The highest BCUT2D eigenvalue weighted by Crippen LogP contribution is 2.32. The van der Waals surface area contributed by atoms with Crippen molar-refractivity contribution in [2.75, 3.05) is 10.3 Å². The predicted molar refractivity (Wildman–Crippen MR) is 117 cm³/mol. The van der Waals surface area contributed by atoms with Crippen molar-refractivity contribution in [2.24, 2.45) is 7.05 Å². The molecule has 3 aromatic rings. The van der Waals surface area contributed by atoms with E-state index in [9.17, 15) is 9.18 Å². The molecule has 1 aromatic carbocycles. The van der Waals surface area contributed by atoms with Crippen LogP contribution >= 0.6 is 0 Å². The van der Waals surface area contributed by atoms with E-state index in [1.807, 2.05) is 27.8 Å². The highest BCUT2D eigenvalue weighted by atomic mass is 19.1. The van der Waals surface area contributed by atoms with Crippen LogP contribution in [0.1, 0.15) is 26.3 Å². The summed E-state index contributed by atoms with van der Waals surface area (Å²) in [5.74, 6) is 1.59. The fraction of sp³-hybridized carbons (Fsp3) is 0.273. The molecule has 1 aliphatic rings. The van der Waals surface area contributed by atoms with Gasteiger partial charge in [0.15, 0.2) is 11.6 Å². The van der Waals surface area contributed by atoms with Crippen molar-refractivity contribution in [2.45, 2.75) is 33.2 Å². The van der Waals surface area contributed by atoms with Gasteiger partial charge in [0.25, 0.3) is 0 Å². The van der Waals surface area contributed by atoms with Crippen molar-refractivity contribution in [3.05, 3.63) is 59.3 Å². The first-order valence-electron chi connectivity index (χ1n) is 10.1. The minimum atomic E-state index is -0.275. The third-order valence-electron chi connectivity index (χ3n) is 5.41. The topological polar surface area (TPSA) is 88.0 Å². The highest BCUT2D eigenvalue weighted by molar-refractivity contribution is 5.79. The molecule has 9 heteroatoms. The quantitative estimate of drug-likeness (QED) is 0.589. The van der Waals surface area contributed by atoms with Crippen LogP contribution in [0.2, 0.25) is 0 Å². The molecular weight excluding hydrogens is 397 g/mol. The number of aromatic nitrogens is 4. The third kappa shape index (κ3) is 3.79. The molecule has 1 atom stereocenters. The number of allylic oxidation sites excluding steroid dienone is 1. The van der Waals surface area contributed by atoms with Gasteiger partial charge in [-0.1, -0.05) is 6.92 Å². The summed E-state index contributed by atoms with van der Waals surface area (Å²) in [6, 6.07) is 8.08. The molecule has 0 amide bonds. The Morgan fingerprint density at radius 1 is 1.26 bits per heavy atom. The van der Waals surface area contributed by atoms with Gasteiger partial charge >= 0.3 is 0 Å². The largest absolute Gasteiger partial charge is 0.323 e. The van der Waals surface area contributed by atoms with Gasteiger partial charge < -0.3 is 5.32 Å². The monoisotopic (exact) mass is 421 g/mol. The van der Waals surface area contributed by atoms with Gasteiger partial charge in [-0.2, -0.15) is 5.10 Å². The molecule has 4 rings (SSSR count). The number of hydrogen-bond acceptors (Lipinski definition) is 7. The smallest absolute Gasteiger partial charge is 0.157 e. The van der Waals surface area contributed by atoms with Crippen LogP contribution in [0.4, 0.5) is 21.8 Å². The lowest BCUT2D eigenvalue weighted by Gasteiger charge is -2.20. The maximum absolute atomic E-state index is 13.4. The predicted octanol–water partition coefficient (Wildman–Crippen LogP) is 3.51. The van der Waals surface area contributed by atoms with Crippen LogP contribution < -0.4 is 15.8 Å². The molecule has 31 heavy (non-hydrogen) atoms. The minimum absolute atomic E-state index is 0.0929. The molecule has 2 N–H and O–H groups in total. The number of carbonyl (C=O) groups excluding carboxylic acids is 1. The Balaban J connectivity index is 1.66. The number of hydrazine groups is 1. The van der Waals surface area contributed by atoms with E-state index >= 15 is 0 Å². The van der Waals surface area contributed by atoms with Crippen LogP contribution in [0.15, 0.2) is 47.9 Å². The Morgan fingerprint density at radius 2 is 2.00 bits per heavy atom. The second kappa shape index (κ2) is 8.27. The number of benzene rings is 1. The molecule has 3 heterocycles. The van der Waals surface area contributed by atoms with Gasteiger partial charge in [0, 0.05) is 35.5 Å². The second-order valence-corrected chi connectivity index (χ2v) is 7.39. The van der Waals surface area contributed by atoms with Gasteiger partial charge in [-0.05, 0) is 44.5 Å². The summed E-state index contributed by atoms with van der Waals surface area (Å²) in [6.45, 7) is 5.84. The molecule has 0 bridgehead atoms. The molecule has 1 unspecified atom stereocenters. The minimum Gasteiger partial charge on any atom is -0.323 e. The number of halogens is 1. The van der Waals surface area contributed by atoms with Gasteiger partial charge in [-0.25, -0.2) is 19.8 Å². The lowest BCUT2D eigenvalue weighted by atomic mass is 10.1. The molecule has 0 saturated carbocycles. The lowest BCUT2D eigenvalue weighted by Crippen LogP contribution is -2.36. The molecule has 0 fully saturated rings. The molecule has 2 aromatic heterocycles. The van der Waals surface area contributed by atoms with E-state index in [-0.39, 0.29) is 11.9 Å². The van der Waals surface area contributed by atoms with Crippen LogP contribution in [0.25, 0.3) is 11.3 Å². The standard InChI is InChI=1S/C22H24FN7O/c1-5-17-21(15-6-8-16(23)9-7-15)29(4)28-22(17)26-19-10-20(25-12-24-19)30-14(3)18(11-31)13(2)27-30/h6-13,27H,5H2,1-4H3,(H,24,25,26,28). The van der Waals surface area contributed by atoms with Crippen LogP contribution in [0, 0.1) is 5.82 Å². The number of rotatable bonds is 6. The summed E-state index contributed by atoms with van der Waals surface area (Å²) in [6.07, 6.45) is 3.06. The zero-order chi connectivity index (χ0) is 22.1. The summed E-state index contributed by atoms with van der Waals surface area (Å²) >= 11 is 0. The fourth-order valence-electron chi connectivity index (χ4n) is 3.86. The zero-order valence-corrected chi connectivity index (χ0v) is 17.8. The van der Waals surface area contributed by atoms with Gasteiger partial charge in [-0.3, -0.25) is 14.5 Å². The molecule has 0 saturated heterocycles. The third-order valence-corrected chi connectivity index (χ3v) is 5.41. The maximum Gasteiger partial charge on any atom is 0.157 e. The molecule has 0 spiro atoms. The summed E-state index contributed by atoms with van der Waals surface area (Å²) in [4.78, 5) is 20.0. The number of nitrogens with zero attached hydrogens (tertiary/aromatic N) is 5. The van der Waals surface area contributed by atoms with Crippen molar-refractivity contribution in [1.82, 2.24) is 25.2 Å². The van der Waals surface area contributed by atoms with Crippen LogP contribution in [0.5, 0.6) is 0 Å². The number of aryl methyl sites for hydroxylation is 1. The zero-order valence-electron chi connectivity index (χ0n) is 17.8.